The van der Waals surface area contributed by atoms with E-state index in [2.05, 4.69) is 41.4 Å². The van der Waals surface area contributed by atoms with E-state index < -0.39 is 0 Å². The fraction of sp³-hybridized carbons (Fsp3) is 0.273. The Labute approximate surface area is 193 Å². The third-order valence-corrected chi connectivity index (χ3v) is 6.28. The summed E-state index contributed by atoms with van der Waals surface area (Å²) in [4.78, 5) is 21.9. The third-order valence-electron chi connectivity index (χ3n) is 5.62. The van der Waals surface area contributed by atoms with Crippen LogP contribution in [0.2, 0.25) is 0 Å². The number of carbonyl (C=O) groups is 1. The number of aryl methyl sites for hydroxylation is 2. The maximum atomic E-state index is 13.1. The molecule has 4 aromatic rings. The lowest BCUT2D eigenvalue weighted by Gasteiger charge is -2.35. The average molecular weight is 495 g/mol. The predicted octanol–water partition coefficient (Wildman–Crippen LogP) is 3.54. The molecule has 2 N–H and O–H groups in total. The normalized spacial score (nSPS) is 14.2. The summed E-state index contributed by atoms with van der Waals surface area (Å²) >= 11 is 3.52. The second-order valence-corrected chi connectivity index (χ2v) is 8.72. The lowest BCUT2D eigenvalue weighted by Crippen LogP contribution is -2.49. The fourth-order valence-corrected chi connectivity index (χ4v) is 4.56. The first kappa shape index (κ1) is 20.5. The van der Waals surface area contributed by atoms with Crippen LogP contribution in [0, 0.1) is 13.8 Å². The van der Waals surface area contributed by atoms with Crippen molar-refractivity contribution >= 4 is 44.9 Å². The van der Waals surface area contributed by atoms with E-state index in [1.165, 1.54) is 0 Å². The molecule has 164 valence electrons. The van der Waals surface area contributed by atoms with Crippen LogP contribution in [-0.2, 0) is 0 Å². The number of anilines is 3. The molecule has 4 heterocycles. The second kappa shape index (κ2) is 8.27. The first-order chi connectivity index (χ1) is 15.5. The van der Waals surface area contributed by atoms with Crippen molar-refractivity contribution in [3.8, 4) is 0 Å². The highest BCUT2D eigenvalue weighted by Crippen LogP contribution is 2.25. The molecular weight excluding hydrogens is 472 g/mol. The van der Waals surface area contributed by atoms with Crippen LogP contribution < -0.4 is 10.2 Å². The smallest absolute Gasteiger partial charge is 0.255 e. The summed E-state index contributed by atoms with van der Waals surface area (Å²) in [6.45, 7) is 6.43. The van der Waals surface area contributed by atoms with E-state index in [0.717, 1.165) is 26.8 Å². The Balaban J connectivity index is 1.35. The average Bonchev–Trinajstić information content (AvgIpc) is 3.42. The van der Waals surface area contributed by atoms with Crippen LogP contribution in [0.3, 0.4) is 0 Å². The lowest BCUT2D eigenvalue weighted by molar-refractivity contribution is 0.0744. The SMILES string of the molecule is Cc1cc(Nc2nc(N3CCN(C(=O)c4c(C)cccc4Br)CC3)nn3cccc23)n[nH]1. The Morgan fingerprint density at radius 3 is 2.66 bits per heavy atom. The van der Waals surface area contributed by atoms with Gasteiger partial charge in [-0.2, -0.15) is 10.1 Å². The van der Waals surface area contributed by atoms with Crippen LogP contribution in [0.15, 0.2) is 47.1 Å². The zero-order chi connectivity index (χ0) is 22.2. The molecule has 10 heteroatoms. The molecule has 9 nitrogen and oxygen atoms in total. The van der Waals surface area contributed by atoms with Gasteiger partial charge < -0.3 is 15.1 Å². The molecule has 0 aliphatic carbocycles. The molecule has 3 aromatic heterocycles. The van der Waals surface area contributed by atoms with Gasteiger partial charge in [0.2, 0.25) is 5.95 Å². The van der Waals surface area contributed by atoms with Gasteiger partial charge in [-0.3, -0.25) is 9.89 Å². The highest BCUT2D eigenvalue weighted by Gasteiger charge is 2.26. The van der Waals surface area contributed by atoms with E-state index in [1.54, 1.807) is 0 Å². The van der Waals surface area contributed by atoms with Gasteiger partial charge >= 0.3 is 0 Å². The van der Waals surface area contributed by atoms with Crippen molar-refractivity contribution in [1.29, 1.82) is 0 Å². The van der Waals surface area contributed by atoms with Gasteiger partial charge in [-0.1, -0.05) is 12.1 Å². The van der Waals surface area contributed by atoms with E-state index in [0.29, 0.717) is 43.8 Å². The summed E-state index contributed by atoms with van der Waals surface area (Å²) < 4.78 is 2.64. The number of piperazine rings is 1. The molecular formula is C22H23BrN8O. The molecule has 0 spiro atoms. The quantitative estimate of drug-likeness (QED) is 0.450. The zero-order valence-corrected chi connectivity index (χ0v) is 19.4. The molecule has 32 heavy (non-hydrogen) atoms. The number of fused-ring (bicyclic) bond motifs is 1. The predicted molar refractivity (Wildman–Crippen MR) is 127 cm³/mol. The number of amides is 1. The van der Waals surface area contributed by atoms with Gasteiger partial charge in [0.15, 0.2) is 11.6 Å². The monoisotopic (exact) mass is 494 g/mol. The van der Waals surface area contributed by atoms with Crippen molar-refractivity contribution in [2.45, 2.75) is 13.8 Å². The van der Waals surface area contributed by atoms with Crippen molar-refractivity contribution in [3.05, 3.63) is 63.9 Å². The Morgan fingerprint density at radius 1 is 1.12 bits per heavy atom. The van der Waals surface area contributed by atoms with Crippen LogP contribution in [0.4, 0.5) is 17.6 Å². The maximum absolute atomic E-state index is 13.1. The summed E-state index contributed by atoms with van der Waals surface area (Å²) in [5, 5.41) is 15.1. The molecule has 0 saturated carbocycles. The molecule has 0 unspecified atom stereocenters. The van der Waals surface area contributed by atoms with Gasteiger partial charge in [-0.25, -0.2) is 4.52 Å². The molecule has 0 radical (unpaired) electrons. The number of H-pyrrole nitrogens is 1. The van der Waals surface area contributed by atoms with Gasteiger partial charge in [-0.15, -0.1) is 5.10 Å². The number of benzene rings is 1. The minimum atomic E-state index is 0.0488. The van der Waals surface area contributed by atoms with Crippen molar-refractivity contribution < 1.29 is 4.79 Å². The van der Waals surface area contributed by atoms with Crippen molar-refractivity contribution in [2.24, 2.45) is 0 Å². The highest BCUT2D eigenvalue weighted by molar-refractivity contribution is 9.10. The largest absolute Gasteiger partial charge is 0.336 e. The van der Waals surface area contributed by atoms with Crippen LogP contribution in [0.25, 0.3) is 5.52 Å². The number of hydrogen-bond donors (Lipinski definition) is 2. The minimum absolute atomic E-state index is 0.0488. The molecule has 1 fully saturated rings. The van der Waals surface area contributed by atoms with Crippen LogP contribution in [0.5, 0.6) is 0 Å². The first-order valence-corrected chi connectivity index (χ1v) is 11.2. The third kappa shape index (κ3) is 3.81. The number of rotatable bonds is 4. The topological polar surface area (TPSA) is 94.5 Å². The summed E-state index contributed by atoms with van der Waals surface area (Å²) in [5.74, 6) is 2.06. The standard InChI is InChI=1S/C22H23BrN8O/c1-14-5-3-6-16(23)19(14)21(32)29-9-11-30(12-10-29)22-25-20(17-7-4-8-31(17)28-22)24-18-13-15(2)26-27-18/h3-8,13H,9-12H2,1-2H3,(H2,24,25,26,27,28). The van der Waals surface area contributed by atoms with Crippen LogP contribution >= 0.6 is 15.9 Å². The van der Waals surface area contributed by atoms with Crippen LogP contribution in [0.1, 0.15) is 21.6 Å². The summed E-state index contributed by atoms with van der Waals surface area (Å²) in [7, 11) is 0. The van der Waals surface area contributed by atoms with E-state index in [4.69, 9.17) is 4.98 Å². The number of aromatic amines is 1. The second-order valence-electron chi connectivity index (χ2n) is 7.87. The molecule has 0 atom stereocenters. The van der Waals surface area contributed by atoms with E-state index in [-0.39, 0.29) is 5.91 Å². The van der Waals surface area contributed by atoms with Crippen molar-refractivity contribution in [1.82, 2.24) is 29.7 Å². The van der Waals surface area contributed by atoms with Crippen molar-refractivity contribution in [2.75, 3.05) is 36.4 Å². The summed E-state index contributed by atoms with van der Waals surface area (Å²) in [5.41, 5.74) is 3.53. The maximum Gasteiger partial charge on any atom is 0.255 e. The Kier molecular flexibility index (Phi) is 5.30. The van der Waals surface area contributed by atoms with Gasteiger partial charge in [0.1, 0.15) is 5.52 Å². The van der Waals surface area contributed by atoms with Gasteiger partial charge in [-0.05, 0) is 53.5 Å². The molecule has 5 rings (SSSR count). The molecule has 0 bridgehead atoms. The van der Waals surface area contributed by atoms with E-state index >= 15 is 0 Å². The lowest BCUT2D eigenvalue weighted by atomic mass is 10.1. The molecule has 1 amide bonds. The molecule has 1 aliphatic heterocycles. The summed E-state index contributed by atoms with van der Waals surface area (Å²) in [6, 6.07) is 11.6. The van der Waals surface area contributed by atoms with Crippen LogP contribution in [-0.4, -0.2) is 61.8 Å². The number of carbonyl (C=O) groups excluding carboxylic acids is 1. The van der Waals surface area contributed by atoms with Gasteiger partial charge in [0.05, 0.1) is 5.56 Å². The van der Waals surface area contributed by atoms with Gasteiger partial charge in [0.25, 0.3) is 5.91 Å². The first-order valence-electron chi connectivity index (χ1n) is 10.4. The molecule has 1 aliphatic rings. The number of hydrogen-bond acceptors (Lipinski definition) is 6. The number of aromatic nitrogens is 5. The molecule has 1 aromatic carbocycles. The number of nitrogens with one attached hydrogen (secondary N) is 2. The van der Waals surface area contributed by atoms with E-state index in [1.807, 2.05) is 65.9 Å². The molecule has 1 saturated heterocycles. The minimum Gasteiger partial charge on any atom is -0.336 e. The summed E-state index contributed by atoms with van der Waals surface area (Å²) in [6.07, 6.45) is 1.90. The fourth-order valence-electron chi connectivity index (χ4n) is 3.92. The van der Waals surface area contributed by atoms with Gasteiger partial charge in [0, 0.05) is 48.6 Å². The Hall–Kier alpha value is -3.40. The number of halogens is 1. The number of nitrogens with zero attached hydrogens (tertiary/aromatic N) is 6. The van der Waals surface area contributed by atoms with E-state index in [9.17, 15) is 4.79 Å². The zero-order valence-electron chi connectivity index (χ0n) is 17.8. The highest BCUT2D eigenvalue weighted by atomic mass is 79.9. The Morgan fingerprint density at radius 2 is 1.94 bits per heavy atom. The Bertz CT molecular complexity index is 1270. The van der Waals surface area contributed by atoms with Crippen molar-refractivity contribution in [3.63, 3.8) is 0 Å².